The van der Waals surface area contributed by atoms with Gasteiger partial charge < -0.3 is 15.4 Å². The number of carbonyl (C=O) groups is 2. The Labute approximate surface area is 195 Å². The summed E-state index contributed by atoms with van der Waals surface area (Å²) in [5.74, 6) is -0.578. The predicted octanol–water partition coefficient (Wildman–Crippen LogP) is 2.78. The fourth-order valence-electron chi connectivity index (χ4n) is 4.08. The van der Waals surface area contributed by atoms with Crippen molar-refractivity contribution in [3.05, 3.63) is 59.2 Å². The average Bonchev–Trinajstić information content (AvgIpc) is 2.77. The summed E-state index contributed by atoms with van der Waals surface area (Å²) < 4.78 is 34.1. The number of amides is 2. The second kappa shape index (κ2) is 10.9. The van der Waals surface area contributed by atoms with Crippen molar-refractivity contribution in [2.75, 3.05) is 32.1 Å². The molecule has 8 nitrogen and oxygen atoms in total. The molecule has 3 rings (SSSR count). The highest BCUT2D eigenvalue weighted by Crippen LogP contribution is 2.38. The molecule has 0 spiro atoms. The van der Waals surface area contributed by atoms with Crippen LogP contribution in [-0.4, -0.2) is 51.3 Å². The number of carbonyl (C=O) groups excluding carboxylic acids is 2. The maximum atomic E-state index is 13.9. The smallest absolute Gasteiger partial charge is 0.245 e. The zero-order chi connectivity index (χ0) is 24.0. The van der Waals surface area contributed by atoms with E-state index < -0.39 is 16.1 Å². The molecule has 1 heterocycles. The number of aryl methyl sites for hydroxylation is 1. The number of methoxy groups -OCH3 is 1. The molecule has 33 heavy (non-hydrogen) atoms. The van der Waals surface area contributed by atoms with Crippen molar-refractivity contribution in [3.8, 4) is 0 Å². The van der Waals surface area contributed by atoms with Crippen LogP contribution in [0.3, 0.4) is 0 Å². The van der Waals surface area contributed by atoms with Gasteiger partial charge in [-0.25, -0.2) is 8.42 Å². The lowest BCUT2D eigenvalue weighted by molar-refractivity contribution is -0.122. The number of hydrogen-bond donors (Lipinski definition) is 2. The van der Waals surface area contributed by atoms with E-state index in [1.165, 1.54) is 11.2 Å². The van der Waals surface area contributed by atoms with Gasteiger partial charge in [0.05, 0.1) is 11.7 Å². The Balaban J connectivity index is 1.97. The van der Waals surface area contributed by atoms with Crippen molar-refractivity contribution in [1.29, 1.82) is 0 Å². The molecule has 0 unspecified atom stereocenters. The highest BCUT2D eigenvalue weighted by atomic mass is 32.2. The Kier molecular flexibility index (Phi) is 8.23. The summed E-state index contributed by atoms with van der Waals surface area (Å²) in [6.45, 7) is 4.37. The van der Waals surface area contributed by atoms with Gasteiger partial charge in [-0.3, -0.25) is 9.59 Å². The minimum atomic E-state index is -4.01. The zero-order valence-corrected chi connectivity index (χ0v) is 20.1. The van der Waals surface area contributed by atoms with Gasteiger partial charge >= 0.3 is 0 Å². The molecule has 0 bridgehead atoms. The molecule has 0 saturated carbocycles. The van der Waals surface area contributed by atoms with Crippen LogP contribution in [0, 0.1) is 6.92 Å². The van der Waals surface area contributed by atoms with E-state index in [9.17, 15) is 18.0 Å². The number of nitrogens with one attached hydrogen (secondary N) is 2. The van der Waals surface area contributed by atoms with Crippen LogP contribution in [0.2, 0.25) is 0 Å². The first kappa shape index (κ1) is 24.9. The summed E-state index contributed by atoms with van der Waals surface area (Å²) in [6.07, 6.45) is 1.22. The SMILES string of the molecule is COCCCNC(=O)C[C@H]1c2ccccc2CCN1S(=O)(=O)c1cc(C)ccc1NC(C)=O. The molecule has 0 aromatic heterocycles. The first-order valence-electron chi connectivity index (χ1n) is 11.0. The Hall–Kier alpha value is -2.75. The number of nitrogens with zero attached hydrogens (tertiary/aromatic N) is 1. The van der Waals surface area contributed by atoms with Crippen LogP contribution in [0.25, 0.3) is 0 Å². The molecule has 0 fully saturated rings. The van der Waals surface area contributed by atoms with Crippen LogP contribution in [0.5, 0.6) is 0 Å². The van der Waals surface area contributed by atoms with E-state index in [0.29, 0.717) is 26.0 Å². The molecule has 2 amide bonds. The third-order valence-electron chi connectivity index (χ3n) is 5.62. The largest absolute Gasteiger partial charge is 0.385 e. The molecule has 1 atom stereocenters. The highest BCUT2D eigenvalue weighted by Gasteiger charge is 2.38. The van der Waals surface area contributed by atoms with Crippen molar-refractivity contribution in [1.82, 2.24) is 9.62 Å². The second-order valence-electron chi connectivity index (χ2n) is 8.16. The molecular formula is C24H31N3O5S. The summed E-state index contributed by atoms with van der Waals surface area (Å²) in [4.78, 5) is 24.5. The summed E-state index contributed by atoms with van der Waals surface area (Å²) in [6, 6.07) is 11.9. The van der Waals surface area contributed by atoms with Crippen molar-refractivity contribution in [2.24, 2.45) is 0 Å². The van der Waals surface area contributed by atoms with Crippen LogP contribution < -0.4 is 10.6 Å². The maximum absolute atomic E-state index is 13.9. The monoisotopic (exact) mass is 473 g/mol. The quantitative estimate of drug-likeness (QED) is 0.545. The average molecular weight is 474 g/mol. The lowest BCUT2D eigenvalue weighted by Gasteiger charge is -2.36. The van der Waals surface area contributed by atoms with Crippen molar-refractivity contribution >= 4 is 27.5 Å². The zero-order valence-electron chi connectivity index (χ0n) is 19.3. The molecule has 1 aliphatic rings. The minimum Gasteiger partial charge on any atom is -0.385 e. The van der Waals surface area contributed by atoms with Crippen molar-refractivity contribution in [3.63, 3.8) is 0 Å². The number of fused-ring (bicyclic) bond motifs is 1. The summed E-state index contributed by atoms with van der Waals surface area (Å²) in [5, 5.41) is 5.48. The van der Waals surface area contributed by atoms with Crippen LogP contribution in [0.15, 0.2) is 47.4 Å². The number of benzene rings is 2. The van der Waals surface area contributed by atoms with Crippen LogP contribution in [-0.2, 0) is 30.8 Å². The second-order valence-corrected chi connectivity index (χ2v) is 10.0. The van der Waals surface area contributed by atoms with Gasteiger partial charge in [0.1, 0.15) is 4.90 Å². The molecule has 9 heteroatoms. The van der Waals surface area contributed by atoms with E-state index in [2.05, 4.69) is 10.6 Å². The third kappa shape index (κ3) is 5.98. The van der Waals surface area contributed by atoms with Gasteiger partial charge in [0, 0.05) is 40.2 Å². The predicted molar refractivity (Wildman–Crippen MR) is 126 cm³/mol. The van der Waals surface area contributed by atoms with Gasteiger partial charge in [0.25, 0.3) is 0 Å². The lowest BCUT2D eigenvalue weighted by atomic mass is 9.92. The third-order valence-corrected chi connectivity index (χ3v) is 7.57. The highest BCUT2D eigenvalue weighted by molar-refractivity contribution is 7.89. The Morgan fingerprint density at radius 3 is 2.67 bits per heavy atom. The summed E-state index contributed by atoms with van der Waals surface area (Å²) in [5.41, 5.74) is 2.85. The Morgan fingerprint density at radius 1 is 1.18 bits per heavy atom. The number of ether oxygens (including phenoxy) is 1. The van der Waals surface area contributed by atoms with E-state index in [0.717, 1.165) is 16.7 Å². The molecule has 178 valence electrons. The fraction of sp³-hybridized carbons (Fsp3) is 0.417. The molecule has 2 aromatic carbocycles. The van der Waals surface area contributed by atoms with E-state index in [1.807, 2.05) is 24.3 Å². The summed E-state index contributed by atoms with van der Waals surface area (Å²) >= 11 is 0. The first-order valence-corrected chi connectivity index (χ1v) is 12.4. The summed E-state index contributed by atoms with van der Waals surface area (Å²) in [7, 11) is -2.41. The number of anilines is 1. The fourth-order valence-corrected chi connectivity index (χ4v) is 5.92. The molecule has 2 aromatic rings. The van der Waals surface area contributed by atoms with E-state index in [1.54, 1.807) is 32.2 Å². The molecule has 2 N–H and O–H groups in total. The Bertz CT molecular complexity index is 1120. The lowest BCUT2D eigenvalue weighted by Crippen LogP contribution is -2.42. The minimum absolute atomic E-state index is 0.00448. The van der Waals surface area contributed by atoms with Crippen LogP contribution in [0.4, 0.5) is 5.69 Å². The normalized spacial score (nSPS) is 16.2. The standard InChI is InChI=1S/C24H31N3O5S/c1-17-9-10-21(26-18(2)28)23(15-17)33(30,31)27-13-11-19-7-4-5-8-20(19)22(27)16-24(29)25-12-6-14-32-3/h4-5,7-10,15,22H,6,11-14,16H2,1-3H3,(H,25,29)(H,26,28)/t22-/m0/s1. The van der Waals surface area contributed by atoms with Gasteiger partial charge in [0.15, 0.2) is 0 Å². The van der Waals surface area contributed by atoms with Crippen LogP contribution in [0.1, 0.15) is 42.5 Å². The van der Waals surface area contributed by atoms with Gasteiger partial charge in [-0.2, -0.15) is 4.31 Å². The maximum Gasteiger partial charge on any atom is 0.245 e. The Morgan fingerprint density at radius 2 is 1.94 bits per heavy atom. The van der Waals surface area contributed by atoms with Gasteiger partial charge in [0.2, 0.25) is 21.8 Å². The van der Waals surface area contributed by atoms with E-state index in [4.69, 9.17) is 4.74 Å². The number of sulfonamides is 1. The number of hydrogen-bond acceptors (Lipinski definition) is 5. The molecule has 0 radical (unpaired) electrons. The van der Waals surface area contributed by atoms with Gasteiger partial charge in [-0.15, -0.1) is 0 Å². The molecular weight excluding hydrogens is 442 g/mol. The molecule has 0 saturated heterocycles. The van der Waals surface area contributed by atoms with E-state index in [-0.39, 0.29) is 35.4 Å². The molecule has 0 aliphatic carbocycles. The van der Waals surface area contributed by atoms with Crippen molar-refractivity contribution < 1.29 is 22.7 Å². The molecule has 1 aliphatic heterocycles. The number of rotatable bonds is 9. The van der Waals surface area contributed by atoms with Gasteiger partial charge in [-0.05, 0) is 48.6 Å². The van der Waals surface area contributed by atoms with Crippen molar-refractivity contribution in [2.45, 2.75) is 44.0 Å². The first-order chi connectivity index (χ1) is 15.7. The van der Waals surface area contributed by atoms with Gasteiger partial charge in [-0.1, -0.05) is 30.3 Å². The van der Waals surface area contributed by atoms with E-state index >= 15 is 0 Å². The van der Waals surface area contributed by atoms with Crippen LogP contribution >= 0.6 is 0 Å². The topological polar surface area (TPSA) is 105 Å².